The van der Waals surface area contributed by atoms with E-state index in [1.54, 1.807) is 24.3 Å². The summed E-state index contributed by atoms with van der Waals surface area (Å²) in [4.78, 5) is 14.6. The van der Waals surface area contributed by atoms with Crippen molar-refractivity contribution in [2.24, 2.45) is 0 Å². The summed E-state index contributed by atoms with van der Waals surface area (Å²) in [6, 6.07) is 8.95. The Morgan fingerprint density at radius 2 is 1.85 bits per heavy atom. The van der Waals surface area contributed by atoms with Gasteiger partial charge in [0.1, 0.15) is 5.54 Å². The van der Waals surface area contributed by atoms with Crippen molar-refractivity contribution in [3.8, 4) is 6.07 Å². The van der Waals surface area contributed by atoms with Gasteiger partial charge in [0.2, 0.25) is 5.91 Å². The first-order chi connectivity index (χ1) is 12.2. The smallest absolute Gasteiger partial charge is 0.235 e. The highest BCUT2D eigenvalue weighted by atomic mass is 32.2. The van der Waals surface area contributed by atoms with E-state index in [0.717, 1.165) is 24.8 Å². The largest absolute Gasteiger partial charge is 0.337 e. The van der Waals surface area contributed by atoms with E-state index >= 15 is 0 Å². The Morgan fingerprint density at radius 3 is 2.35 bits per heavy atom. The molecule has 1 aliphatic carbocycles. The highest BCUT2D eigenvalue weighted by Gasteiger charge is 2.33. The Labute approximate surface area is 156 Å². The van der Waals surface area contributed by atoms with Crippen LogP contribution in [0.1, 0.15) is 50.6 Å². The van der Waals surface area contributed by atoms with Crippen molar-refractivity contribution in [2.75, 3.05) is 19.8 Å². The standard InChI is InChI=1S/C19H27N3O3S/c1-15(16-7-9-17(10-8-16)26(3,24)25)22(2)13-18(23)21-19(14-20)11-5-4-6-12-19/h7-10,15H,4-6,11-13H2,1-3H3,(H,21,23). The zero-order valence-corrected chi connectivity index (χ0v) is 16.5. The Hall–Kier alpha value is -1.91. The minimum absolute atomic E-state index is 0.0567. The molecular weight excluding hydrogens is 350 g/mol. The first-order valence-corrected chi connectivity index (χ1v) is 10.8. The highest BCUT2D eigenvalue weighted by Crippen LogP contribution is 2.27. The van der Waals surface area contributed by atoms with Crippen LogP contribution in [-0.2, 0) is 14.6 Å². The number of amides is 1. The van der Waals surface area contributed by atoms with Gasteiger partial charge >= 0.3 is 0 Å². The van der Waals surface area contributed by atoms with Gasteiger partial charge < -0.3 is 5.32 Å². The molecule has 1 atom stereocenters. The van der Waals surface area contributed by atoms with Crippen molar-refractivity contribution < 1.29 is 13.2 Å². The van der Waals surface area contributed by atoms with Crippen molar-refractivity contribution in [2.45, 2.75) is 55.5 Å². The van der Waals surface area contributed by atoms with Gasteiger partial charge in [-0.05, 0) is 44.5 Å². The van der Waals surface area contributed by atoms with Gasteiger partial charge in [-0.2, -0.15) is 5.26 Å². The summed E-state index contributed by atoms with van der Waals surface area (Å²) >= 11 is 0. The third kappa shape index (κ3) is 5.05. The molecule has 0 aromatic heterocycles. The average molecular weight is 378 g/mol. The lowest BCUT2D eigenvalue weighted by atomic mass is 9.83. The van der Waals surface area contributed by atoms with Crippen LogP contribution in [0.15, 0.2) is 29.2 Å². The van der Waals surface area contributed by atoms with Gasteiger partial charge in [0, 0.05) is 12.3 Å². The summed E-state index contributed by atoms with van der Waals surface area (Å²) in [5, 5.41) is 12.4. The van der Waals surface area contributed by atoms with E-state index in [2.05, 4.69) is 11.4 Å². The van der Waals surface area contributed by atoms with Crippen LogP contribution in [-0.4, -0.2) is 44.6 Å². The molecule has 0 aliphatic heterocycles. The lowest BCUT2D eigenvalue weighted by Crippen LogP contribution is -2.51. The number of benzene rings is 1. The fourth-order valence-electron chi connectivity index (χ4n) is 3.34. The van der Waals surface area contributed by atoms with Crippen LogP contribution in [0, 0.1) is 11.3 Å². The predicted molar refractivity (Wildman–Crippen MR) is 100 cm³/mol. The number of rotatable bonds is 6. The molecule has 0 bridgehead atoms. The summed E-state index contributed by atoms with van der Waals surface area (Å²) < 4.78 is 23.1. The molecule has 1 fully saturated rings. The number of nitriles is 1. The Balaban J connectivity index is 1.99. The topological polar surface area (TPSA) is 90.3 Å². The molecule has 0 heterocycles. The van der Waals surface area contributed by atoms with Crippen LogP contribution in [0.3, 0.4) is 0 Å². The maximum Gasteiger partial charge on any atom is 0.235 e. The first-order valence-electron chi connectivity index (χ1n) is 8.89. The second kappa shape index (κ2) is 8.19. The second-order valence-electron chi connectivity index (χ2n) is 7.24. The van der Waals surface area contributed by atoms with E-state index in [4.69, 9.17) is 0 Å². The number of carbonyl (C=O) groups excluding carboxylic acids is 1. The molecule has 6 nitrogen and oxygen atoms in total. The van der Waals surface area contributed by atoms with Gasteiger partial charge in [-0.3, -0.25) is 9.69 Å². The quantitative estimate of drug-likeness (QED) is 0.822. The Bertz CT molecular complexity index is 775. The van der Waals surface area contributed by atoms with Crippen LogP contribution in [0.25, 0.3) is 0 Å². The molecule has 1 aromatic carbocycles. The summed E-state index contributed by atoms with van der Waals surface area (Å²) in [6.07, 6.45) is 5.64. The molecule has 26 heavy (non-hydrogen) atoms. The third-order valence-corrected chi connectivity index (χ3v) is 6.27. The maximum absolute atomic E-state index is 12.4. The van der Waals surface area contributed by atoms with Crippen LogP contribution in [0.2, 0.25) is 0 Å². The summed E-state index contributed by atoms with van der Waals surface area (Å²) in [6.45, 7) is 2.14. The monoisotopic (exact) mass is 377 g/mol. The van der Waals surface area contributed by atoms with E-state index in [0.29, 0.717) is 12.8 Å². The number of likely N-dealkylation sites (N-methyl/N-ethyl adjacent to an activating group) is 1. The van der Waals surface area contributed by atoms with Crippen LogP contribution in [0.4, 0.5) is 0 Å². The molecule has 1 saturated carbocycles. The van der Waals surface area contributed by atoms with E-state index < -0.39 is 15.4 Å². The van der Waals surface area contributed by atoms with Gasteiger partial charge in [0.05, 0.1) is 17.5 Å². The van der Waals surface area contributed by atoms with Gasteiger partial charge in [0.25, 0.3) is 0 Å². The Kier molecular flexibility index (Phi) is 6.43. The number of nitrogens with zero attached hydrogens (tertiary/aromatic N) is 2. The lowest BCUT2D eigenvalue weighted by Gasteiger charge is -2.33. The molecule has 1 aromatic rings. The predicted octanol–water partition coefficient (Wildman–Crippen LogP) is 2.43. The molecular formula is C19H27N3O3S. The molecule has 1 unspecified atom stereocenters. The second-order valence-corrected chi connectivity index (χ2v) is 9.25. The molecule has 0 spiro atoms. The number of carbonyl (C=O) groups is 1. The number of hydrogen-bond acceptors (Lipinski definition) is 5. The van der Waals surface area contributed by atoms with E-state index in [9.17, 15) is 18.5 Å². The zero-order valence-electron chi connectivity index (χ0n) is 15.7. The Morgan fingerprint density at radius 1 is 1.27 bits per heavy atom. The molecule has 1 aliphatic rings. The van der Waals surface area contributed by atoms with Crippen molar-refractivity contribution in [1.82, 2.24) is 10.2 Å². The van der Waals surface area contributed by atoms with E-state index in [-0.39, 0.29) is 23.4 Å². The average Bonchev–Trinajstić information content (AvgIpc) is 2.61. The highest BCUT2D eigenvalue weighted by molar-refractivity contribution is 7.90. The molecule has 1 N–H and O–H groups in total. The fraction of sp³-hybridized carbons (Fsp3) is 0.579. The number of sulfone groups is 1. The normalized spacial score (nSPS) is 18.1. The minimum Gasteiger partial charge on any atom is -0.337 e. The fourth-order valence-corrected chi connectivity index (χ4v) is 3.97. The van der Waals surface area contributed by atoms with Gasteiger partial charge in [-0.15, -0.1) is 0 Å². The van der Waals surface area contributed by atoms with E-state index in [1.807, 2.05) is 18.9 Å². The maximum atomic E-state index is 12.4. The molecule has 7 heteroatoms. The minimum atomic E-state index is -3.22. The first kappa shape index (κ1) is 20.4. The van der Waals surface area contributed by atoms with Crippen LogP contribution >= 0.6 is 0 Å². The third-order valence-electron chi connectivity index (χ3n) is 5.14. The van der Waals surface area contributed by atoms with Crippen LogP contribution < -0.4 is 5.32 Å². The summed E-state index contributed by atoms with van der Waals surface area (Å²) in [7, 11) is -1.38. The molecule has 1 amide bonds. The molecule has 142 valence electrons. The zero-order chi connectivity index (χ0) is 19.4. The van der Waals surface area contributed by atoms with Crippen molar-refractivity contribution in [3.05, 3.63) is 29.8 Å². The van der Waals surface area contributed by atoms with Gasteiger partial charge in [-0.25, -0.2) is 8.42 Å². The summed E-state index contributed by atoms with van der Waals surface area (Å²) in [5.41, 5.74) is 0.205. The van der Waals surface area contributed by atoms with Crippen molar-refractivity contribution in [3.63, 3.8) is 0 Å². The van der Waals surface area contributed by atoms with Crippen molar-refractivity contribution >= 4 is 15.7 Å². The summed E-state index contributed by atoms with van der Waals surface area (Å²) in [5.74, 6) is -0.157. The molecule has 0 saturated heterocycles. The molecule has 0 radical (unpaired) electrons. The van der Waals surface area contributed by atoms with Gasteiger partial charge in [0.15, 0.2) is 9.84 Å². The number of nitrogens with one attached hydrogen (secondary N) is 1. The number of hydrogen-bond donors (Lipinski definition) is 1. The van der Waals surface area contributed by atoms with Gasteiger partial charge in [-0.1, -0.05) is 31.4 Å². The molecule has 2 rings (SSSR count). The van der Waals surface area contributed by atoms with Crippen LogP contribution in [0.5, 0.6) is 0 Å². The SMILES string of the molecule is CC(c1ccc(S(C)(=O)=O)cc1)N(C)CC(=O)NC1(C#N)CCCCC1. The lowest BCUT2D eigenvalue weighted by molar-refractivity contribution is -0.124. The van der Waals surface area contributed by atoms with E-state index in [1.165, 1.54) is 6.26 Å². The van der Waals surface area contributed by atoms with Crippen molar-refractivity contribution in [1.29, 1.82) is 5.26 Å².